The summed E-state index contributed by atoms with van der Waals surface area (Å²) in [6, 6.07) is 0. The topological polar surface area (TPSA) is 49.3 Å². The van der Waals surface area contributed by atoms with Gasteiger partial charge in [0.2, 0.25) is 0 Å². The van der Waals surface area contributed by atoms with E-state index < -0.39 is 0 Å². The molecule has 6 nitrogen and oxygen atoms in total. The van der Waals surface area contributed by atoms with Crippen LogP contribution in [0.1, 0.15) is 57.8 Å². The van der Waals surface area contributed by atoms with Crippen molar-refractivity contribution in [2.45, 2.75) is 63.9 Å². The fraction of sp³-hybridized carbons (Fsp3) is 0.955. The van der Waals surface area contributed by atoms with Gasteiger partial charge in [0.15, 0.2) is 5.96 Å². The van der Waals surface area contributed by atoms with Crippen molar-refractivity contribution in [3.8, 4) is 0 Å². The molecule has 0 aromatic carbocycles. The van der Waals surface area contributed by atoms with Gasteiger partial charge in [-0.15, -0.1) is 24.0 Å². The summed E-state index contributed by atoms with van der Waals surface area (Å²) >= 11 is 0. The molecule has 1 N–H and O–H groups in total. The van der Waals surface area contributed by atoms with Crippen molar-refractivity contribution in [3.05, 3.63) is 0 Å². The first kappa shape index (κ1) is 25.1. The second-order valence-electron chi connectivity index (χ2n) is 8.68. The Labute approximate surface area is 195 Å². The molecule has 2 aliphatic heterocycles. The maximum Gasteiger partial charge on any atom is 0.193 e. The molecule has 1 unspecified atom stereocenters. The third-order valence-corrected chi connectivity index (χ3v) is 6.43. The first-order chi connectivity index (χ1) is 13.8. The van der Waals surface area contributed by atoms with Gasteiger partial charge >= 0.3 is 0 Å². The number of rotatable bonds is 8. The van der Waals surface area contributed by atoms with Crippen molar-refractivity contribution in [2.24, 2.45) is 10.9 Å². The van der Waals surface area contributed by atoms with Crippen molar-refractivity contribution in [2.75, 3.05) is 66.1 Å². The number of unbranched alkanes of at least 4 members (excludes halogenated alkanes) is 1. The summed E-state index contributed by atoms with van der Waals surface area (Å²) in [4.78, 5) is 9.51. The number of morpholine rings is 1. The summed E-state index contributed by atoms with van der Waals surface area (Å²) in [7, 11) is 1.91. The molecule has 0 bridgehead atoms. The van der Waals surface area contributed by atoms with Crippen molar-refractivity contribution >= 4 is 29.9 Å². The van der Waals surface area contributed by atoms with Crippen LogP contribution in [0.5, 0.6) is 0 Å². The summed E-state index contributed by atoms with van der Waals surface area (Å²) in [5.74, 6) is 1.83. The minimum Gasteiger partial charge on any atom is -0.379 e. The smallest absolute Gasteiger partial charge is 0.193 e. The van der Waals surface area contributed by atoms with E-state index in [0.717, 1.165) is 77.3 Å². The highest BCUT2D eigenvalue weighted by Crippen LogP contribution is 2.20. The third-order valence-electron chi connectivity index (χ3n) is 6.43. The lowest BCUT2D eigenvalue weighted by Gasteiger charge is -2.29. The van der Waals surface area contributed by atoms with Crippen molar-refractivity contribution in [1.82, 2.24) is 15.1 Å². The Balaban J connectivity index is 0.00000300. The molecular formula is C22H43IN4O2. The predicted molar refractivity (Wildman–Crippen MR) is 130 cm³/mol. The quantitative estimate of drug-likeness (QED) is 0.174. The molecule has 0 aromatic rings. The molecule has 1 saturated carbocycles. The fourth-order valence-electron chi connectivity index (χ4n) is 4.74. The molecule has 0 amide bonds. The molecule has 3 fully saturated rings. The summed E-state index contributed by atoms with van der Waals surface area (Å²) in [6.07, 6.45) is 12.1. The van der Waals surface area contributed by atoms with Gasteiger partial charge in [-0.25, -0.2) is 0 Å². The zero-order valence-corrected chi connectivity index (χ0v) is 20.8. The van der Waals surface area contributed by atoms with Gasteiger partial charge in [0, 0.05) is 52.9 Å². The second kappa shape index (κ2) is 14.8. The molecule has 1 aliphatic carbocycles. The summed E-state index contributed by atoms with van der Waals surface area (Å²) in [6.45, 7) is 9.32. The number of nitrogens with zero attached hydrogens (tertiary/aromatic N) is 3. The molecule has 0 radical (unpaired) electrons. The lowest BCUT2D eigenvalue weighted by molar-refractivity contribution is 0.0315. The van der Waals surface area contributed by atoms with Crippen LogP contribution in [0.4, 0.5) is 0 Å². The van der Waals surface area contributed by atoms with Crippen molar-refractivity contribution in [1.29, 1.82) is 0 Å². The van der Waals surface area contributed by atoms with Crippen LogP contribution in [0.2, 0.25) is 0 Å². The van der Waals surface area contributed by atoms with E-state index >= 15 is 0 Å². The number of guanidine groups is 1. The highest BCUT2D eigenvalue weighted by atomic mass is 127. The van der Waals surface area contributed by atoms with E-state index in [-0.39, 0.29) is 24.0 Å². The standard InChI is InChI=1S/C22H42N4O2.HI/c1-23-22(24-11-6-7-15-28-21-8-4-2-3-5-9-21)26-12-10-20(19-26)18-25-13-16-27-17-14-25;/h20-21H,2-19H2,1H3,(H,23,24);1H. The summed E-state index contributed by atoms with van der Waals surface area (Å²) < 4.78 is 11.6. The van der Waals surface area contributed by atoms with Crippen molar-refractivity contribution in [3.63, 3.8) is 0 Å². The fourth-order valence-corrected chi connectivity index (χ4v) is 4.74. The van der Waals surface area contributed by atoms with Gasteiger partial charge in [-0.05, 0) is 38.0 Å². The molecular weight excluding hydrogens is 479 g/mol. The monoisotopic (exact) mass is 522 g/mol. The van der Waals surface area contributed by atoms with Gasteiger partial charge in [0.05, 0.1) is 19.3 Å². The highest BCUT2D eigenvalue weighted by molar-refractivity contribution is 14.0. The number of hydrogen-bond acceptors (Lipinski definition) is 4. The lowest BCUT2D eigenvalue weighted by atomic mass is 10.1. The predicted octanol–water partition coefficient (Wildman–Crippen LogP) is 3.35. The Kier molecular flexibility index (Phi) is 12.8. The van der Waals surface area contributed by atoms with Gasteiger partial charge in [0.1, 0.15) is 0 Å². The normalized spacial score (nSPS) is 24.9. The molecule has 7 heteroatoms. The van der Waals surface area contributed by atoms with E-state index in [2.05, 4.69) is 20.1 Å². The number of halogens is 1. The number of hydrogen-bond donors (Lipinski definition) is 1. The summed E-state index contributed by atoms with van der Waals surface area (Å²) in [5, 5.41) is 3.57. The zero-order chi connectivity index (χ0) is 19.4. The van der Waals surface area contributed by atoms with E-state index in [4.69, 9.17) is 9.47 Å². The molecule has 0 spiro atoms. The van der Waals surface area contributed by atoms with Gasteiger partial charge in [-0.1, -0.05) is 25.7 Å². The van der Waals surface area contributed by atoms with E-state index in [1.165, 1.54) is 51.5 Å². The molecule has 3 aliphatic rings. The van der Waals surface area contributed by atoms with Crippen LogP contribution in [0.25, 0.3) is 0 Å². The first-order valence-corrected chi connectivity index (χ1v) is 11.7. The molecule has 170 valence electrons. The minimum absolute atomic E-state index is 0. The summed E-state index contributed by atoms with van der Waals surface area (Å²) in [5.41, 5.74) is 0. The number of nitrogens with one attached hydrogen (secondary N) is 1. The molecule has 2 saturated heterocycles. The number of ether oxygens (including phenoxy) is 2. The van der Waals surface area contributed by atoms with Crippen LogP contribution in [0.15, 0.2) is 4.99 Å². The molecule has 3 rings (SSSR count). The molecule has 1 atom stereocenters. The van der Waals surface area contributed by atoms with E-state index in [1.54, 1.807) is 0 Å². The second-order valence-corrected chi connectivity index (χ2v) is 8.68. The zero-order valence-electron chi connectivity index (χ0n) is 18.4. The third kappa shape index (κ3) is 9.27. The van der Waals surface area contributed by atoms with Crippen LogP contribution < -0.4 is 5.32 Å². The molecule has 0 aromatic heterocycles. The number of aliphatic imine (C=N–C) groups is 1. The lowest BCUT2D eigenvalue weighted by Crippen LogP contribution is -2.42. The Bertz CT molecular complexity index is 452. The Morgan fingerprint density at radius 3 is 2.52 bits per heavy atom. The van der Waals surface area contributed by atoms with E-state index in [0.29, 0.717) is 6.10 Å². The van der Waals surface area contributed by atoms with Crippen LogP contribution in [-0.4, -0.2) is 88.0 Å². The molecule has 29 heavy (non-hydrogen) atoms. The van der Waals surface area contributed by atoms with Gasteiger partial charge in [-0.2, -0.15) is 0 Å². The van der Waals surface area contributed by atoms with Crippen molar-refractivity contribution < 1.29 is 9.47 Å². The average Bonchev–Trinajstić information content (AvgIpc) is 3.02. The maximum atomic E-state index is 6.10. The average molecular weight is 523 g/mol. The molecule has 2 heterocycles. The first-order valence-electron chi connectivity index (χ1n) is 11.7. The van der Waals surface area contributed by atoms with Crippen LogP contribution in [0, 0.1) is 5.92 Å². The Hall–Kier alpha value is -0.120. The van der Waals surface area contributed by atoms with Gasteiger partial charge in [-0.3, -0.25) is 9.89 Å². The maximum absolute atomic E-state index is 6.10. The van der Waals surface area contributed by atoms with Gasteiger partial charge in [0.25, 0.3) is 0 Å². The Morgan fingerprint density at radius 1 is 1.03 bits per heavy atom. The van der Waals surface area contributed by atoms with Crippen LogP contribution in [0.3, 0.4) is 0 Å². The van der Waals surface area contributed by atoms with Gasteiger partial charge < -0.3 is 19.7 Å². The van der Waals surface area contributed by atoms with E-state index in [9.17, 15) is 0 Å². The highest BCUT2D eigenvalue weighted by Gasteiger charge is 2.26. The van der Waals surface area contributed by atoms with E-state index in [1.807, 2.05) is 7.05 Å². The minimum atomic E-state index is 0. The SMILES string of the molecule is CN=C(NCCCCOC1CCCCCC1)N1CCC(CN2CCOCC2)C1.I. The largest absolute Gasteiger partial charge is 0.379 e. The Morgan fingerprint density at radius 2 is 1.79 bits per heavy atom. The number of likely N-dealkylation sites (tertiary alicyclic amines) is 1. The van der Waals surface area contributed by atoms with Crippen LogP contribution in [-0.2, 0) is 9.47 Å². The van der Waals surface area contributed by atoms with Crippen LogP contribution >= 0.6 is 24.0 Å².